The molecule has 0 unspecified atom stereocenters. The molecule has 1 rings (SSSR count). The Labute approximate surface area is 83.2 Å². The lowest BCUT2D eigenvalue weighted by Gasteiger charge is -2.03. The minimum Gasteiger partial charge on any atom is -0.329 e. The van der Waals surface area contributed by atoms with Crippen molar-refractivity contribution in [2.75, 3.05) is 5.32 Å². The number of benzene rings is 1. The van der Waals surface area contributed by atoms with Crippen LogP contribution in [0.1, 0.15) is 12.5 Å². The van der Waals surface area contributed by atoms with Gasteiger partial charge in [-0.3, -0.25) is 9.79 Å². The second kappa shape index (κ2) is 4.97. The molecule has 3 heteroatoms. The number of hydrogen-bond acceptors (Lipinski definition) is 2. The van der Waals surface area contributed by atoms with Crippen LogP contribution in [0, 0.1) is 0 Å². The van der Waals surface area contributed by atoms with Crippen LogP contribution < -0.4 is 5.32 Å². The van der Waals surface area contributed by atoms with Gasteiger partial charge in [0.2, 0.25) is 6.41 Å². The second-order valence-corrected chi connectivity index (χ2v) is 2.69. The highest BCUT2D eigenvalue weighted by Gasteiger charge is 1.98. The van der Waals surface area contributed by atoms with Crippen LogP contribution >= 0.6 is 0 Å². The van der Waals surface area contributed by atoms with Gasteiger partial charge in [0.25, 0.3) is 0 Å². The largest absolute Gasteiger partial charge is 0.329 e. The lowest BCUT2D eigenvalue weighted by atomic mass is 10.1. The van der Waals surface area contributed by atoms with E-state index in [0.29, 0.717) is 6.41 Å². The van der Waals surface area contributed by atoms with E-state index in [2.05, 4.69) is 17.0 Å². The average molecular weight is 188 g/mol. The number of nitrogens with one attached hydrogen (secondary N) is 1. The molecule has 1 N–H and O–H groups in total. The molecule has 0 radical (unpaired) electrons. The molecule has 1 aromatic rings. The topological polar surface area (TPSA) is 41.5 Å². The number of hydrogen-bond donors (Lipinski definition) is 1. The molecule has 72 valence electrons. The summed E-state index contributed by atoms with van der Waals surface area (Å²) in [6.45, 7) is 5.40. The van der Waals surface area contributed by atoms with E-state index in [1.54, 1.807) is 6.07 Å². The highest BCUT2D eigenvalue weighted by molar-refractivity contribution is 5.76. The van der Waals surface area contributed by atoms with Crippen molar-refractivity contribution in [2.24, 2.45) is 4.99 Å². The number of aliphatic imine (C=N–C) groups is 1. The van der Waals surface area contributed by atoms with Crippen LogP contribution in [-0.4, -0.2) is 13.1 Å². The fraction of sp³-hybridized carbons (Fsp3) is 0.0909. The number of rotatable bonds is 4. The summed E-state index contributed by atoms with van der Waals surface area (Å²) < 4.78 is 0. The van der Waals surface area contributed by atoms with Gasteiger partial charge in [0.05, 0.1) is 5.69 Å². The number of amides is 1. The van der Waals surface area contributed by atoms with Crippen molar-refractivity contribution in [1.82, 2.24) is 0 Å². The minimum absolute atomic E-state index is 0.649. The fourth-order valence-electron chi connectivity index (χ4n) is 1.17. The number of nitrogens with zero attached hydrogens (tertiary/aromatic N) is 1. The molecule has 0 bridgehead atoms. The Morgan fingerprint density at radius 3 is 2.86 bits per heavy atom. The molecule has 0 saturated heterocycles. The highest BCUT2D eigenvalue weighted by atomic mass is 16.1. The van der Waals surface area contributed by atoms with Gasteiger partial charge in [0.1, 0.15) is 0 Å². The van der Waals surface area contributed by atoms with Crippen molar-refractivity contribution < 1.29 is 4.79 Å². The number of anilines is 1. The Balaban J connectivity index is 3.12. The molecule has 0 aliphatic heterocycles. The molecule has 0 saturated carbocycles. The molecular formula is C11H12N2O. The van der Waals surface area contributed by atoms with Gasteiger partial charge in [-0.1, -0.05) is 12.2 Å². The zero-order valence-corrected chi connectivity index (χ0v) is 8.03. The summed E-state index contributed by atoms with van der Waals surface area (Å²) >= 11 is 0. The first kappa shape index (κ1) is 10.2. The zero-order chi connectivity index (χ0) is 10.4. The first-order valence-corrected chi connectivity index (χ1v) is 4.25. The predicted octanol–water partition coefficient (Wildman–Crippen LogP) is 2.62. The van der Waals surface area contributed by atoms with Crippen molar-refractivity contribution in [2.45, 2.75) is 6.92 Å². The second-order valence-electron chi connectivity index (χ2n) is 2.69. The van der Waals surface area contributed by atoms with Gasteiger partial charge in [-0.25, -0.2) is 0 Å². The molecule has 1 aromatic carbocycles. The van der Waals surface area contributed by atoms with E-state index in [9.17, 15) is 4.79 Å². The molecule has 0 spiro atoms. The fourth-order valence-corrected chi connectivity index (χ4v) is 1.17. The molecule has 0 atom stereocenters. The summed E-state index contributed by atoms with van der Waals surface area (Å²) in [7, 11) is 0. The van der Waals surface area contributed by atoms with Crippen LogP contribution in [0.5, 0.6) is 0 Å². The van der Waals surface area contributed by atoms with E-state index in [1.165, 1.54) is 0 Å². The van der Waals surface area contributed by atoms with Crippen molar-refractivity contribution in [3.05, 3.63) is 29.8 Å². The van der Waals surface area contributed by atoms with E-state index in [0.717, 1.165) is 16.9 Å². The summed E-state index contributed by atoms with van der Waals surface area (Å²) in [6, 6.07) is 5.44. The minimum atomic E-state index is 0.649. The van der Waals surface area contributed by atoms with Gasteiger partial charge >= 0.3 is 0 Å². The van der Waals surface area contributed by atoms with Crippen LogP contribution in [0.3, 0.4) is 0 Å². The maximum atomic E-state index is 10.2. The van der Waals surface area contributed by atoms with E-state index < -0.39 is 0 Å². The standard InChI is InChI=1S/C11H12N2O/c1-3-4-9-7-10(13-8-14)5-6-11(9)12-2/h3-8H,2H2,1H3,(H,13,14)/b4-3-. The molecule has 14 heavy (non-hydrogen) atoms. The van der Waals surface area contributed by atoms with Gasteiger partial charge in [0.15, 0.2) is 0 Å². The maximum Gasteiger partial charge on any atom is 0.211 e. The van der Waals surface area contributed by atoms with Crippen LogP contribution in [-0.2, 0) is 4.79 Å². The van der Waals surface area contributed by atoms with Crippen molar-refractivity contribution >= 4 is 30.6 Å². The van der Waals surface area contributed by atoms with Gasteiger partial charge < -0.3 is 5.32 Å². The Bertz CT molecular complexity index is 370. The van der Waals surface area contributed by atoms with Gasteiger partial charge in [0, 0.05) is 11.3 Å². The van der Waals surface area contributed by atoms with Crippen LogP contribution in [0.15, 0.2) is 29.3 Å². The molecule has 0 aliphatic rings. The van der Waals surface area contributed by atoms with E-state index in [4.69, 9.17) is 0 Å². The van der Waals surface area contributed by atoms with Crippen LogP contribution in [0.4, 0.5) is 11.4 Å². The average Bonchev–Trinajstić information content (AvgIpc) is 2.19. The van der Waals surface area contributed by atoms with E-state index in [1.807, 2.05) is 31.2 Å². The van der Waals surface area contributed by atoms with Crippen LogP contribution in [0.25, 0.3) is 6.08 Å². The summed E-state index contributed by atoms with van der Waals surface area (Å²) in [5.74, 6) is 0. The lowest BCUT2D eigenvalue weighted by Crippen LogP contribution is -1.93. The van der Waals surface area contributed by atoms with Crippen molar-refractivity contribution in [1.29, 1.82) is 0 Å². The third kappa shape index (κ3) is 2.29. The quantitative estimate of drug-likeness (QED) is 0.572. The highest BCUT2D eigenvalue weighted by Crippen LogP contribution is 2.23. The Hall–Kier alpha value is -1.90. The molecule has 0 heterocycles. The number of carbonyl (C=O) groups excluding carboxylic acids is 1. The Morgan fingerprint density at radius 2 is 2.29 bits per heavy atom. The smallest absolute Gasteiger partial charge is 0.211 e. The SMILES string of the molecule is C=Nc1ccc(NC=O)cc1/C=C\C. The molecule has 3 nitrogen and oxygen atoms in total. The number of carbonyl (C=O) groups is 1. The summed E-state index contributed by atoms with van der Waals surface area (Å²) in [4.78, 5) is 14.1. The molecular weight excluding hydrogens is 176 g/mol. The lowest BCUT2D eigenvalue weighted by molar-refractivity contribution is -0.105. The van der Waals surface area contributed by atoms with Crippen molar-refractivity contribution in [3.8, 4) is 0 Å². The maximum absolute atomic E-state index is 10.2. The Morgan fingerprint density at radius 1 is 1.50 bits per heavy atom. The molecule has 0 aliphatic carbocycles. The van der Waals surface area contributed by atoms with E-state index in [-0.39, 0.29) is 0 Å². The summed E-state index contributed by atoms with van der Waals surface area (Å²) in [5.41, 5.74) is 2.49. The monoisotopic (exact) mass is 188 g/mol. The van der Waals surface area contributed by atoms with Gasteiger partial charge in [-0.05, 0) is 31.8 Å². The first-order valence-electron chi connectivity index (χ1n) is 4.25. The number of allylic oxidation sites excluding steroid dienone is 1. The summed E-state index contributed by atoms with van der Waals surface area (Å²) in [5, 5.41) is 2.58. The summed E-state index contributed by atoms with van der Waals surface area (Å²) in [6.07, 6.45) is 4.48. The normalized spacial score (nSPS) is 10.1. The van der Waals surface area contributed by atoms with Crippen molar-refractivity contribution in [3.63, 3.8) is 0 Å². The first-order chi connectivity index (χ1) is 6.81. The predicted molar refractivity (Wildman–Crippen MR) is 60.0 cm³/mol. The zero-order valence-electron chi connectivity index (χ0n) is 8.03. The molecule has 0 fully saturated rings. The van der Waals surface area contributed by atoms with Crippen LogP contribution in [0.2, 0.25) is 0 Å². The molecule has 1 amide bonds. The Kier molecular flexibility index (Phi) is 3.61. The third-order valence-electron chi connectivity index (χ3n) is 1.77. The van der Waals surface area contributed by atoms with E-state index >= 15 is 0 Å². The molecule has 0 aromatic heterocycles. The third-order valence-corrected chi connectivity index (χ3v) is 1.77. The van der Waals surface area contributed by atoms with Gasteiger partial charge in [-0.2, -0.15) is 0 Å². The van der Waals surface area contributed by atoms with Gasteiger partial charge in [-0.15, -0.1) is 0 Å².